The number of nitrogens with zero attached hydrogens (tertiary/aromatic N) is 1. The summed E-state index contributed by atoms with van der Waals surface area (Å²) < 4.78 is 36.4. The summed E-state index contributed by atoms with van der Waals surface area (Å²) in [5, 5.41) is 0. The van der Waals surface area contributed by atoms with Crippen molar-refractivity contribution in [1.29, 1.82) is 0 Å². The highest BCUT2D eigenvalue weighted by Crippen LogP contribution is 2.28. The average molecular weight is 244 g/mol. The molecule has 0 aromatic carbocycles. The molecule has 1 rings (SSSR count). The molecule has 0 aliphatic rings. The van der Waals surface area contributed by atoms with Gasteiger partial charge in [0, 0.05) is 24.4 Å². The molecule has 0 amide bonds. The predicted molar refractivity (Wildman–Crippen MR) is 61.4 cm³/mol. The number of hydrogen-bond acceptors (Lipinski definition) is 2. The Morgan fingerprint density at radius 2 is 1.94 bits per heavy atom. The van der Waals surface area contributed by atoms with Gasteiger partial charge in [-0.1, -0.05) is 19.9 Å². The van der Waals surface area contributed by atoms with Crippen LogP contribution in [-0.2, 0) is 0 Å². The van der Waals surface area contributed by atoms with Gasteiger partial charge in [-0.25, -0.2) is 0 Å². The van der Waals surface area contributed by atoms with Crippen LogP contribution in [0.1, 0.15) is 25.3 Å². The van der Waals surface area contributed by atoms with Crippen LogP contribution < -0.4 is 5.73 Å². The van der Waals surface area contributed by atoms with Gasteiger partial charge in [0.1, 0.15) is 0 Å². The highest BCUT2D eigenvalue weighted by atomic mass is 19.4. The van der Waals surface area contributed by atoms with E-state index in [1.807, 2.05) is 13.8 Å². The Labute approximate surface area is 98.4 Å². The third-order valence-corrected chi connectivity index (χ3v) is 2.38. The van der Waals surface area contributed by atoms with E-state index in [-0.39, 0.29) is 17.9 Å². The molecule has 94 valence electrons. The van der Waals surface area contributed by atoms with Crippen molar-refractivity contribution in [3.8, 4) is 0 Å². The summed E-state index contributed by atoms with van der Waals surface area (Å²) >= 11 is 0. The van der Waals surface area contributed by atoms with Crippen molar-refractivity contribution in [3.05, 3.63) is 36.2 Å². The van der Waals surface area contributed by atoms with Gasteiger partial charge < -0.3 is 5.73 Å². The number of alkyl halides is 3. The van der Waals surface area contributed by atoms with Crippen LogP contribution in [0, 0.1) is 5.92 Å². The van der Waals surface area contributed by atoms with E-state index >= 15 is 0 Å². The topological polar surface area (TPSA) is 38.9 Å². The molecule has 2 nitrogen and oxygen atoms in total. The van der Waals surface area contributed by atoms with Gasteiger partial charge in [-0.15, -0.1) is 0 Å². The van der Waals surface area contributed by atoms with E-state index < -0.39 is 6.18 Å². The lowest BCUT2D eigenvalue weighted by molar-refractivity contribution is -0.0801. The zero-order chi connectivity index (χ0) is 13.1. The van der Waals surface area contributed by atoms with Crippen molar-refractivity contribution < 1.29 is 13.2 Å². The number of allylic oxidation sites excluding steroid dienone is 2. The molecule has 0 saturated heterocycles. The summed E-state index contributed by atoms with van der Waals surface area (Å²) in [6.07, 6.45) is 0.138. The average Bonchev–Trinajstić information content (AvgIpc) is 2.15. The summed E-state index contributed by atoms with van der Waals surface area (Å²) in [4.78, 5) is 3.89. The zero-order valence-corrected chi connectivity index (χ0v) is 9.70. The van der Waals surface area contributed by atoms with Crippen molar-refractivity contribution in [3.63, 3.8) is 0 Å². The first-order valence-corrected chi connectivity index (χ1v) is 5.26. The van der Waals surface area contributed by atoms with E-state index in [1.54, 1.807) is 12.3 Å². The molecule has 1 aromatic heterocycles. The summed E-state index contributed by atoms with van der Waals surface area (Å²) in [6, 6.07) is 1.65. The van der Waals surface area contributed by atoms with Crippen molar-refractivity contribution in [2.24, 2.45) is 5.92 Å². The molecular weight excluding hydrogens is 229 g/mol. The lowest BCUT2D eigenvalue weighted by Crippen LogP contribution is -2.08. The number of halogens is 3. The van der Waals surface area contributed by atoms with Crippen LogP contribution in [0.3, 0.4) is 0 Å². The van der Waals surface area contributed by atoms with Gasteiger partial charge in [-0.3, -0.25) is 4.98 Å². The Hall–Kier alpha value is -1.52. The van der Waals surface area contributed by atoms with Gasteiger partial charge in [0.2, 0.25) is 0 Å². The highest BCUT2D eigenvalue weighted by molar-refractivity contribution is 5.39. The number of anilines is 1. The van der Waals surface area contributed by atoms with Crippen molar-refractivity contribution in [2.45, 2.75) is 25.9 Å². The minimum Gasteiger partial charge on any atom is -0.397 e. The number of pyridine rings is 1. The molecule has 0 saturated carbocycles. The van der Waals surface area contributed by atoms with Gasteiger partial charge >= 0.3 is 6.18 Å². The summed E-state index contributed by atoms with van der Waals surface area (Å²) in [7, 11) is 0. The molecule has 0 aliphatic carbocycles. The largest absolute Gasteiger partial charge is 0.409 e. The van der Waals surface area contributed by atoms with E-state index in [2.05, 4.69) is 4.98 Å². The second-order valence-corrected chi connectivity index (χ2v) is 4.22. The Balaban J connectivity index is 2.98. The fourth-order valence-electron chi connectivity index (χ4n) is 1.59. The molecule has 2 N–H and O–H groups in total. The smallest absolute Gasteiger partial charge is 0.397 e. The monoisotopic (exact) mass is 244 g/mol. The lowest BCUT2D eigenvalue weighted by Gasteiger charge is -2.17. The Bertz CT molecular complexity index is 397. The van der Waals surface area contributed by atoms with E-state index in [0.29, 0.717) is 11.3 Å². The number of nitrogen functional groups attached to an aromatic ring is 1. The molecule has 17 heavy (non-hydrogen) atoms. The van der Waals surface area contributed by atoms with Gasteiger partial charge in [0.25, 0.3) is 0 Å². The van der Waals surface area contributed by atoms with Crippen LogP contribution in [0.15, 0.2) is 30.6 Å². The Kier molecular flexibility index (Phi) is 4.15. The molecule has 0 radical (unpaired) electrons. The number of aromatic nitrogens is 1. The molecule has 1 aromatic rings. The van der Waals surface area contributed by atoms with Crippen molar-refractivity contribution >= 4 is 5.69 Å². The SMILES string of the molecule is CC(C)C(/C=C/C(F)(F)F)c1cncc(N)c1. The minimum absolute atomic E-state index is 0.0391. The van der Waals surface area contributed by atoms with Gasteiger partial charge in [-0.2, -0.15) is 13.2 Å². The first kappa shape index (κ1) is 13.5. The molecule has 0 bridgehead atoms. The maximum absolute atomic E-state index is 12.1. The van der Waals surface area contributed by atoms with E-state index in [4.69, 9.17) is 5.73 Å². The van der Waals surface area contributed by atoms with Crippen LogP contribution in [0.4, 0.5) is 18.9 Å². The molecule has 1 heterocycles. The first-order chi connectivity index (χ1) is 7.79. The summed E-state index contributed by atoms with van der Waals surface area (Å²) in [6.45, 7) is 3.71. The van der Waals surface area contributed by atoms with Crippen LogP contribution >= 0.6 is 0 Å². The Morgan fingerprint density at radius 1 is 1.29 bits per heavy atom. The molecular formula is C12H15F3N2. The van der Waals surface area contributed by atoms with Crippen LogP contribution in [0.5, 0.6) is 0 Å². The fraction of sp³-hybridized carbons (Fsp3) is 0.417. The minimum atomic E-state index is -4.29. The number of hydrogen-bond donors (Lipinski definition) is 1. The molecule has 1 atom stereocenters. The van der Waals surface area contributed by atoms with Crippen LogP contribution in [0.2, 0.25) is 0 Å². The first-order valence-electron chi connectivity index (χ1n) is 5.26. The summed E-state index contributed by atoms with van der Waals surface area (Å²) in [5.41, 5.74) is 6.72. The zero-order valence-electron chi connectivity index (χ0n) is 9.70. The fourth-order valence-corrected chi connectivity index (χ4v) is 1.59. The van der Waals surface area contributed by atoms with Crippen molar-refractivity contribution in [1.82, 2.24) is 4.98 Å². The van der Waals surface area contributed by atoms with Crippen LogP contribution in [0.25, 0.3) is 0 Å². The molecule has 1 unspecified atom stereocenters. The molecule has 0 spiro atoms. The quantitative estimate of drug-likeness (QED) is 0.826. The summed E-state index contributed by atoms with van der Waals surface area (Å²) in [5.74, 6) is -0.301. The highest BCUT2D eigenvalue weighted by Gasteiger charge is 2.24. The maximum atomic E-state index is 12.1. The lowest BCUT2D eigenvalue weighted by atomic mass is 9.89. The predicted octanol–water partition coefficient (Wildman–Crippen LogP) is 3.52. The van der Waals surface area contributed by atoms with Gasteiger partial charge in [-0.05, 0) is 17.5 Å². The van der Waals surface area contributed by atoms with Gasteiger partial charge in [0.05, 0.1) is 5.69 Å². The van der Waals surface area contributed by atoms with Crippen molar-refractivity contribution in [2.75, 3.05) is 5.73 Å². The third-order valence-electron chi connectivity index (χ3n) is 2.38. The second-order valence-electron chi connectivity index (χ2n) is 4.22. The molecule has 5 heteroatoms. The number of rotatable bonds is 3. The van der Waals surface area contributed by atoms with Crippen LogP contribution in [-0.4, -0.2) is 11.2 Å². The molecule has 0 fully saturated rings. The second kappa shape index (κ2) is 5.21. The third kappa shape index (κ3) is 4.46. The normalized spacial score (nSPS) is 14.5. The van der Waals surface area contributed by atoms with E-state index in [1.165, 1.54) is 6.20 Å². The van der Waals surface area contributed by atoms with Gasteiger partial charge in [0.15, 0.2) is 0 Å². The Morgan fingerprint density at radius 3 is 2.41 bits per heavy atom. The standard InChI is InChI=1S/C12H15F3N2/c1-8(2)11(3-4-12(13,14)15)9-5-10(16)7-17-6-9/h3-8,11H,16H2,1-2H3/b4-3+. The van der Waals surface area contributed by atoms with E-state index in [0.717, 1.165) is 6.08 Å². The van der Waals surface area contributed by atoms with E-state index in [9.17, 15) is 13.2 Å². The number of nitrogens with two attached hydrogens (primary N) is 1. The maximum Gasteiger partial charge on any atom is 0.409 e. The molecule has 0 aliphatic heterocycles.